The summed E-state index contributed by atoms with van der Waals surface area (Å²) >= 11 is 0. The number of aliphatic imine (C=N–C) groups is 2. The molecule has 16 nitrogen and oxygen atoms in total. The third-order valence-electron chi connectivity index (χ3n) is 5.25. The third-order valence-corrected chi connectivity index (χ3v) is 5.25. The Kier molecular flexibility index (Phi) is 11.5. The molecular formula is C29H24N2O14. The minimum atomic E-state index is -1.25. The molecule has 0 fully saturated rings. The molecular weight excluding hydrogens is 600 g/mol. The second kappa shape index (κ2) is 15.7. The third kappa shape index (κ3) is 9.81. The first kappa shape index (κ1) is 33.1. The van der Waals surface area contributed by atoms with Gasteiger partial charge < -0.3 is 43.0 Å². The van der Waals surface area contributed by atoms with Gasteiger partial charge in [-0.25, -0.2) is 24.0 Å². The molecule has 0 saturated carbocycles. The Morgan fingerprint density at radius 2 is 0.889 bits per heavy atom. The number of carbonyl (C=O) groups excluding carboxylic acids is 4. The van der Waals surface area contributed by atoms with Crippen molar-refractivity contribution in [3.63, 3.8) is 0 Å². The largest absolute Gasteiger partial charge is 0.513 e. The van der Waals surface area contributed by atoms with E-state index < -0.39 is 30.6 Å². The number of carboxylic acids is 1. The van der Waals surface area contributed by atoms with Crippen LogP contribution in [0.5, 0.6) is 23.0 Å². The summed E-state index contributed by atoms with van der Waals surface area (Å²) in [6.45, 7) is 0. The van der Waals surface area contributed by atoms with Crippen molar-refractivity contribution in [3.8, 4) is 23.0 Å². The molecule has 234 valence electrons. The summed E-state index contributed by atoms with van der Waals surface area (Å²) in [5.74, 6) is -1.89. The Labute approximate surface area is 254 Å². The first-order chi connectivity index (χ1) is 21.5. The molecule has 0 saturated heterocycles. The van der Waals surface area contributed by atoms with Gasteiger partial charge in [0.1, 0.15) is 0 Å². The van der Waals surface area contributed by atoms with E-state index in [0.717, 1.165) is 28.4 Å². The van der Waals surface area contributed by atoms with Gasteiger partial charge in [-0.3, -0.25) is 9.98 Å². The normalized spacial score (nSPS) is 10.6. The zero-order chi connectivity index (χ0) is 32.9. The van der Waals surface area contributed by atoms with Gasteiger partial charge in [0, 0.05) is 12.4 Å². The van der Waals surface area contributed by atoms with Gasteiger partial charge in [-0.1, -0.05) is 0 Å². The van der Waals surface area contributed by atoms with Crippen LogP contribution in [-0.4, -0.2) is 76.6 Å². The van der Waals surface area contributed by atoms with E-state index >= 15 is 0 Å². The van der Waals surface area contributed by atoms with E-state index in [2.05, 4.69) is 28.9 Å². The van der Waals surface area contributed by atoms with E-state index in [4.69, 9.17) is 18.9 Å². The molecule has 0 spiro atoms. The lowest BCUT2D eigenvalue weighted by atomic mass is 10.1. The topological polar surface area (TPSA) is 204 Å². The maximum atomic E-state index is 11.8. The summed E-state index contributed by atoms with van der Waals surface area (Å²) in [4.78, 5) is 66.7. The highest BCUT2D eigenvalue weighted by atomic mass is 16.8. The number of hydrogen-bond donors (Lipinski definition) is 1. The number of methoxy groups -OCH3 is 4. The van der Waals surface area contributed by atoms with Crippen molar-refractivity contribution in [3.05, 3.63) is 71.3 Å². The van der Waals surface area contributed by atoms with Crippen molar-refractivity contribution < 1.29 is 67.0 Å². The monoisotopic (exact) mass is 624 g/mol. The molecule has 0 heterocycles. The van der Waals surface area contributed by atoms with Crippen molar-refractivity contribution in [2.24, 2.45) is 9.98 Å². The Morgan fingerprint density at radius 3 is 1.22 bits per heavy atom. The number of nitrogens with zero attached hydrogens (tertiary/aromatic N) is 2. The quantitative estimate of drug-likeness (QED) is 0.136. The number of ether oxygens (including phenoxy) is 8. The lowest BCUT2D eigenvalue weighted by molar-refractivity contribution is 0.0696. The molecule has 0 radical (unpaired) electrons. The van der Waals surface area contributed by atoms with E-state index in [1.165, 1.54) is 67.0 Å². The Morgan fingerprint density at radius 1 is 0.533 bits per heavy atom. The number of aromatic carboxylic acids is 1. The number of rotatable bonds is 9. The molecule has 0 aromatic heterocycles. The molecule has 0 aliphatic heterocycles. The second-order valence-corrected chi connectivity index (χ2v) is 8.20. The van der Waals surface area contributed by atoms with Gasteiger partial charge in [0.25, 0.3) is 0 Å². The minimum absolute atomic E-state index is 0.134. The minimum Gasteiger partial charge on any atom is -0.478 e. The van der Waals surface area contributed by atoms with Crippen LogP contribution >= 0.6 is 0 Å². The molecule has 3 aromatic carbocycles. The highest BCUT2D eigenvalue weighted by molar-refractivity contribution is 5.92. The summed E-state index contributed by atoms with van der Waals surface area (Å²) in [6.07, 6.45) is -1.60. The highest BCUT2D eigenvalue weighted by Crippen LogP contribution is 2.31. The molecule has 3 aromatic rings. The Bertz CT molecular complexity index is 1550. The van der Waals surface area contributed by atoms with E-state index in [0.29, 0.717) is 11.1 Å². The zero-order valence-electron chi connectivity index (χ0n) is 24.0. The molecule has 0 atom stereocenters. The van der Waals surface area contributed by atoms with Crippen molar-refractivity contribution in [2.75, 3.05) is 28.4 Å². The molecule has 1 N–H and O–H groups in total. The van der Waals surface area contributed by atoms with E-state index in [1.807, 2.05) is 0 Å². The SMILES string of the molecule is COC(=O)Oc1ccc(/C=N/c2cc(/N=C/c3ccc(OC(=O)OC)c(OC(=O)OC)c3)cc(C(=O)O)c2)cc1OC(=O)OC. The molecule has 0 aliphatic carbocycles. The molecule has 16 heteroatoms. The van der Waals surface area contributed by atoms with Crippen LogP contribution in [0.1, 0.15) is 21.5 Å². The van der Waals surface area contributed by atoms with Gasteiger partial charge in [-0.05, 0) is 65.7 Å². The lowest BCUT2D eigenvalue weighted by Crippen LogP contribution is -2.12. The van der Waals surface area contributed by atoms with Crippen LogP contribution < -0.4 is 18.9 Å². The van der Waals surface area contributed by atoms with Crippen molar-refractivity contribution in [2.45, 2.75) is 0 Å². The van der Waals surface area contributed by atoms with Crippen molar-refractivity contribution in [1.29, 1.82) is 0 Å². The van der Waals surface area contributed by atoms with Crippen molar-refractivity contribution >= 4 is 54.4 Å². The summed E-state index contributed by atoms with van der Waals surface area (Å²) in [7, 11) is 4.38. The summed E-state index contributed by atoms with van der Waals surface area (Å²) in [5.41, 5.74) is 0.964. The standard InChI is InChI=1S/C29H24N2O14/c1-38-26(34)42-21-7-5-16(9-23(21)44-28(36)40-3)14-30-19-11-18(25(32)33)12-20(13-19)31-15-17-6-8-22(43-27(35)39-2)24(10-17)45-29(37)41-4/h5-15H,1-4H3,(H,32,33)/b30-14+,31-15+. The van der Waals surface area contributed by atoms with Crippen LogP contribution in [0.2, 0.25) is 0 Å². The lowest BCUT2D eigenvalue weighted by Gasteiger charge is -2.10. The molecule has 3 rings (SSSR count). The van der Waals surface area contributed by atoms with Crippen LogP contribution in [0.15, 0.2) is 64.6 Å². The Hall–Kier alpha value is -6.45. The molecule has 0 unspecified atom stereocenters. The van der Waals surface area contributed by atoms with Gasteiger partial charge >= 0.3 is 30.6 Å². The van der Waals surface area contributed by atoms with Gasteiger partial charge in [0.2, 0.25) is 0 Å². The summed E-state index contributed by atoms with van der Waals surface area (Å²) < 4.78 is 37.8. The van der Waals surface area contributed by atoms with Crippen molar-refractivity contribution in [1.82, 2.24) is 0 Å². The molecule has 0 bridgehead atoms. The smallest absolute Gasteiger partial charge is 0.478 e. The maximum Gasteiger partial charge on any atom is 0.513 e. The predicted octanol–water partition coefficient (Wildman–Crippen LogP) is 5.47. The fraction of sp³-hybridized carbons (Fsp3) is 0.138. The number of hydrogen-bond acceptors (Lipinski definition) is 15. The average molecular weight is 625 g/mol. The number of carbonyl (C=O) groups is 5. The summed E-state index contributed by atoms with van der Waals surface area (Å²) in [5, 5.41) is 9.61. The van der Waals surface area contributed by atoms with Gasteiger partial charge in [-0.15, -0.1) is 0 Å². The second-order valence-electron chi connectivity index (χ2n) is 8.20. The summed E-state index contributed by atoms with van der Waals surface area (Å²) in [6, 6.07) is 12.3. The first-order valence-electron chi connectivity index (χ1n) is 12.3. The van der Waals surface area contributed by atoms with Crippen LogP contribution in [0.25, 0.3) is 0 Å². The van der Waals surface area contributed by atoms with Crippen LogP contribution in [-0.2, 0) is 18.9 Å². The van der Waals surface area contributed by atoms with Crippen LogP contribution in [0, 0.1) is 0 Å². The molecule has 45 heavy (non-hydrogen) atoms. The molecule has 0 aliphatic rings. The van der Waals surface area contributed by atoms with Crippen LogP contribution in [0.3, 0.4) is 0 Å². The van der Waals surface area contributed by atoms with E-state index in [9.17, 15) is 29.1 Å². The van der Waals surface area contributed by atoms with E-state index in [-0.39, 0.29) is 39.9 Å². The fourth-order valence-corrected chi connectivity index (χ4v) is 3.23. The Balaban J connectivity index is 1.93. The predicted molar refractivity (Wildman–Crippen MR) is 153 cm³/mol. The number of benzene rings is 3. The molecule has 0 amide bonds. The fourth-order valence-electron chi connectivity index (χ4n) is 3.23. The average Bonchev–Trinajstić information content (AvgIpc) is 3.04. The van der Waals surface area contributed by atoms with Gasteiger partial charge in [-0.2, -0.15) is 0 Å². The van der Waals surface area contributed by atoms with Gasteiger partial charge in [0.05, 0.1) is 45.4 Å². The van der Waals surface area contributed by atoms with Gasteiger partial charge in [0.15, 0.2) is 23.0 Å². The number of carboxylic acid groups (broad SMARTS) is 1. The maximum absolute atomic E-state index is 11.8. The zero-order valence-corrected chi connectivity index (χ0v) is 24.0. The highest BCUT2D eigenvalue weighted by Gasteiger charge is 2.17. The first-order valence-corrected chi connectivity index (χ1v) is 12.3. The van der Waals surface area contributed by atoms with Crippen LogP contribution in [0.4, 0.5) is 30.6 Å². The van der Waals surface area contributed by atoms with E-state index in [1.54, 1.807) is 0 Å².